The van der Waals surface area contributed by atoms with Gasteiger partial charge in [0.2, 0.25) is 0 Å². The van der Waals surface area contributed by atoms with E-state index in [9.17, 15) is 0 Å². The van der Waals surface area contributed by atoms with E-state index in [0.29, 0.717) is 0 Å². The predicted octanol–water partition coefficient (Wildman–Crippen LogP) is 3.41. The Kier molecular flexibility index (Phi) is 2.89. The minimum absolute atomic E-state index is 0.0184. The van der Waals surface area contributed by atoms with Crippen LogP contribution in [0.3, 0.4) is 0 Å². The average Bonchev–Trinajstić information content (AvgIpc) is 2.74. The Labute approximate surface area is 94.6 Å². The third kappa shape index (κ3) is 1.96. The molecule has 0 aliphatic rings. The lowest BCUT2D eigenvalue weighted by atomic mass is 9.97. The van der Waals surface area contributed by atoms with E-state index < -0.39 is 0 Å². The maximum absolute atomic E-state index is 6.24. The number of hydrogen-bond donors (Lipinski definition) is 1. The Morgan fingerprint density at radius 1 is 1.13 bits per heavy atom. The minimum atomic E-state index is 0.0184. The van der Waals surface area contributed by atoms with Gasteiger partial charge >= 0.3 is 0 Å². The standard InChI is InChI=1S/C13H15NS/c1-9-5-3-6-11(10(9)2)13(14)12-7-4-8-15-12/h3-8,13H,14H2,1-2H3. The highest BCUT2D eigenvalue weighted by molar-refractivity contribution is 7.10. The first-order valence-electron chi connectivity index (χ1n) is 5.05. The molecule has 0 spiro atoms. The maximum atomic E-state index is 6.24. The lowest BCUT2D eigenvalue weighted by molar-refractivity contribution is 0.879. The number of hydrogen-bond acceptors (Lipinski definition) is 2. The Balaban J connectivity index is 2.42. The van der Waals surface area contributed by atoms with E-state index in [4.69, 9.17) is 5.73 Å². The van der Waals surface area contributed by atoms with Gasteiger partial charge in [-0.25, -0.2) is 0 Å². The molecule has 15 heavy (non-hydrogen) atoms. The minimum Gasteiger partial charge on any atom is -0.320 e. The van der Waals surface area contributed by atoms with Crippen LogP contribution in [0.15, 0.2) is 35.7 Å². The summed E-state index contributed by atoms with van der Waals surface area (Å²) in [6.45, 7) is 4.26. The molecule has 1 unspecified atom stereocenters. The smallest absolute Gasteiger partial charge is 0.0648 e. The molecule has 0 amide bonds. The summed E-state index contributed by atoms with van der Waals surface area (Å²) in [5, 5.41) is 2.07. The van der Waals surface area contributed by atoms with Crippen molar-refractivity contribution in [1.29, 1.82) is 0 Å². The van der Waals surface area contributed by atoms with Gasteiger partial charge in [-0.1, -0.05) is 24.3 Å². The molecule has 0 radical (unpaired) electrons. The van der Waals surface area contributed by atoms with Crippen LogP contribution in [0.5, 0.6) is 0 Å². The van der Waals surface area contributed by atoms with Crippen LogP contribution in [-0.2, 0) is 0 Å². The molecule has 0 aliphatic heterocycles. The molecule has 2 rings (SSSR count). The number of aryl methyl sites for hydroxylation is 1. The average molecular weight is 217 g/mol. The summed E-state index contributed by atoms with van der Waals surface area (Å²) in [5.74, 6) is 0. The van der Waals surface area contributed by atoms with E-state index in [1.54, 1.807) is 11.3 Å². The fourth-order valence-corrected chi connectivity index (χ4v) is 2.48. The van der Waals surface area contributed by atoms with Crippen molar-refractivity contribution in [2.24, 2.45) is 5.73 Å². The molecule has 0 saturated carbocycles. The first-order valence-corrected chi connectivity index (χ1v) is 5.93. The predicted molar refractivity (Wildman–Crippen MR) is 66.3 cm³/mol. The Hall–Kier alpha value is -1.12. The monoisotopic (exact) mass is 217 g/mol. The highest BCUT2D eigenvalue weighted by Crippen LogP contribution is 2.27. The molecule has 2 heteroatoms. The second-order valence-corrected chi connectivity index (χ2v) is 4.76. The van der Waals surface area contributed by atoms with Gasteiger partial charge in [0.15, 0.2) is 0 Å². The van der Waals surface area contributed by atoms with Crippen LogP contribution in [0.4, 0.5) is 0 Å². The maximum Gasteiger partial charge on any atom is 0.0648 e. The van der Waals surface area contributed by atoms with E-state index in [-0.39, 0.29) is 6.04 Å². The Morgan fingerprint density at radius 2 is 1.93 bits per heavy atom. The van der Waals surface area contributed by atoms with Crippen molar-refractivity contribution in [2.75, 3.05) is 0 Å². The van der Waals surface area contributed by atoms with Crippen LogP contribution in [0.1, 0.15) is 27.6 Å². The number of benzene rings is 1. The van der Waals surface area contributed by atoms with Crippen molar-refractivity contribution in [1.82, 2.24) is 0 Å². The fourth-order valence-electron chi connectivity index (χ4n) is 1.73. The SMILES string of the molecule is Cc1cccc(C(N)c2cccs2)c1C. The second kappa shape index (κ2) is 4.17. The molecule has 1 aromatic heterocycles. The first kappa shape index (κ1) is 10.4. The van der Waals surface area contributed by atoms with E-state index in [1.165, 1.54) is 21.6 Å². The molecule has 78 valence electrons. The van der Waals surface area contributed by atoms with Gasteiger partial charge in [-0.05, 0) is 42.0 Å². The van der Waals surface area contributed by atoms with E-state index in [1.807, 2.05) is 6.07 Å². The lowest BCUT2D eigenvalue weighted by Crippen LogP contribution is -2.12. The summed E-state index contributed by atoms with van der Waals surface area (Å²) in [6, 6.07) is 10.5. The largest absolute Gasteiger partial charge is 0.320 e. The van der Waals surface area contributed by atoms with Gasteiger partial charge < -0.3 is 5.73 Å². The molecule has 1 heterocycles. The van der Waals surface area contributed by atoms with Crippen LogP contribution in [0.2, 0.25) is 0 Å². The third-order valence-electron chi connectivity index (χ3n) is 2.83. The zero-order chi connectivity index (χ0) is 10.8. The van der Waals surface area contributed by atoms with Crippen molar-refractivity contribution in [3.8, 4) is 0 Å². The number of nitrogens with two attached hydrogens (primary N) is 1. The molecule has 1 nitrogen and oxygen atoms in total. The summed E-state index contributed by atoms with van der Waals surface area (Å²) >= 11 is 1.72. The summed E-state index contributed by atoms with van der Waals surface area (Å²) in [6.07, 6.45) is 0. The molecular formula is C13H15NS. The van der Waals surface area contributed by atoms with Crippen LogP contribution >= 0.6 is 11.3 Å². The van der Waals surface area contributed by atoms with Crippen molar-refractivity contribution in [2.45, 2.75) is 19.9 Å². The highest BCUT2D eigenvalue weighted by atomic mass is 32.1. The van der Waals surface area contributed by atoms with Crippen LogP contribution in [0.25, 0.3) is 0 Å². The zero-order valence-electron chi connectivity index (χ0n) is 9.03. The first-order chi connectivity index (χ1) is 7.20. The Morgan fingerprint density at radius 3 is 2.60 bits per heavy atom. The summed E-state index contributed by atoms with van der Waals surface area (Å²) in [7, 11) is 0. The van der Waals surface area contributed by atoms with E-state index >= 15 is 0 Å². The van der Waals surface area contributed by atoms with Crippen LogP contribution in [-0.4, -0.2) is 0 Å². The van der Waals surface area contributed by atoms with Crippen molar-refractivity contribution >= 4 is 11.3 Å². The van der Waals surface area contributed by atoms with Crippen molar-refractivity contribution < 1.29 is 0 Å². The molecule has 0 fully saturated rings. The zero-order valence-corrected chi connectivity index (χ0v) is 9.84. The summed E-state index contributed by atoms with van der Waals surface area (Å²) in [5.41, 5.74) is 10.1. The molecule has 0 aliphatic carbocycles. The van der Waals surface area contributed by atoms with Crippen molar-refractivity contribution in [3.05, 3.63) is 57.3 Å². The summed E-state index contributed by atoms with van der Waals surface area (Å²) in [4.78, 5) is 1.23. The van der Waals surface area contributed by atoms with E-state index in [0.717, 1.165) is 0 Å². The topological polar surface area (TPSA) is 26.0 Å². The number of rotatable bonds is 2. The van der Waals surface area contributed by atoms with Crippen molar-refractivity contribution in [3.63, 3.8) is 0 Å². The van der Waals surface area contributed by atoms with Gasteiger partial charge in [0.1, 0.15) is 0 Å². The highest BCUT2D eigenvalue weighted by Gasteiger charge is 2.12. The quantitative estimate of drug-likeness (QED) is 0.819. The van der Waals surface area contributed by atoms with Gasteiger partial charge in [-0.3, -0.25) is 0 Å². The summed E-state index contributed by atoms with van der Waals surface area (Å²) < 4.78 is 0. The molecule has 0 bridgehead atoms. The van der Waals surface area contributed by atoms with Crippen LogP contribution < -0.4 is 5.73 Å². The van der Waals surface area contributed by atoms with Gasteiger partial charge in [-0.15, -0.1) is 11.3 Å². The van der Waals surface area contributed by atoms with E-state index in [2.05, 4.69) is 43.5 Å². The third-order valence-corrected chi connectivity index (χ3v) is 3.79. The molecule has 1 aromatic carbocycles. The molecule has 0 saturated heterocycles. The molecule has 2 aromatic rings. The number of thiophene rings is 1. The molecule has 1 atom stereocenters. The van der Waals surface area contributed by atoms with Gasteiger partial charge in [0, 0.05) is 4.88 Å². The van der Waals surface area contributed by atoms with Gasteiger partial charge in [0.25, 0.3) is 0 Å². The van der Waals surface area contributed by atoms with Crippen LogP contribution in [0, 0.1) is 13.8 Å². The van der Waals surface area contributed by atoms with Gasteiger partial charge in [-0.2, -0.15) is 0 Å². The van der Waals surface area contributed by atoms with Gasteiger partial charge in [0.05, 0.1) is 6.04 Å². The fraction of sp³-hybridized carbons (Fsp3) is 0.231. The second-order valence-electron chi connectivity index (χ2n) is 3.78. The molecule has 2 N–H and O–H groups in total. The molecular weight excluding hydrogens is 202 g/mol. The Bertz CT molecular complexity index is 446. The lowest BCUT2D eigenvalue weighted by Gasteiger charge is -2.14. The normalized spacial score (nSPS) is 12.7.